The zero-order valence-electron chi connectivity index (χ0n) is 14.3. The second-order valence-corrected chi connectivity index (χ2v) is 8.41. The molecule has 0 fully saturated rings. The predicted molar refractivity (Wildman–Crippen MR) is 115 cm³/mol. The molecule has 1 aromatic heterocycles. The van der Waals surface area contributed by atoms with Gasteiger partial charge < -0.3 is 15.2 Å². The molecule has 1 unspecified atom stereocenters. The van der Waals surface area contributed by atoms with Gasteiger partial charge >= 0.3 is 0 Å². The standard InChI is InChI=1S/C17H15BrCl2N4O2S/c1-9-6-10(19)7-13(27(2)26)15(9)24-17(25)12(8-14(18)21)23-16-11(20)4-3-5-22-16/h3-8,21H,1-2H3,(H,22,23)(H,24,25)/b12-8-,21-14?. The van der Waals surface area contributed by atoms with Gasteiger partial charge in [-0.3, -0.25) is 10.2 Å². The third-order valence-corrected chi connectivity index (χ3v) is 5.03. The summed E-state index contributed by atoms with van der Waals surface area (Å²) in [5, 5.41) is 13.9. The summed E-state index contributed by atoms with van der Waals surface area (Å²) in [6, 6.07) is 6.47. The summed E-state index contributed by atoms with van der Waals surface area (Å²) in [6.07, 6.45) is 4.29. The maximum Gasteiger partial charge on any atom is 0.272 e. The average molecular weight is 490 g/mol. The summed E-state index contributed by atoms with van der Waals surface area (Å²) in [5.41, 5.74) is 1.08. The summed E-state index contributed by atoms with van der Waals surface area (Å²) >= 11 is 13.7. The van der Waals surface area contributed by atoms with E-state index in [2.05, 4.69) is 31.5 Å². The number of carbonyl (C=O) groups excluding carboxylic acids is 1. The number of hydrogen-bond donors (Lipinski definition) is 3. The fraction of sp³-hybridized carbons (Fsp3) is 0.118. The van der Waals surface area contributed by atoms with Crippen LogP contribution in [0.25, 0.3) is 0 Å². The molecule has 142 valence electrons. The molecule has 0 aliphatic rings. The van der Waals surface area contributed by atoms with Gasteiger partial charge in [-0.05, 0) is 63.9 Å². The van der Waals surface area contributed by atoms with Crippen LogP contribution in [0.1, 0.15) is 5.56 Å². The van der Waals surface area contributed by atoms with E-state index in [4.69, 9.17) is 28.6 Å². The van der Waals surface area contributed by atoms with Crippen molar-refractivity contribution in [3.8, 4) is 0 Å². The van der Waals surface area contributed by atoms with Crippen LogP contribution in [-0.4, -0.2) is 26.3 Å². The monoisotopic (exact) mass is 488 g/mol. The SMILES string of the molecule is Cc1cc(Cl)cc([S+](C)[O-])c1NC(=O)/C(=C/C(=N)Br)Nc1ncccc1Cl. The molecule has 0 aliphatic carbocycles. The Kier molecular flexibility index (Phi) is 7.69. The predicted octanol–water partition coefficient (Wildman–Crippen LogP) is 4.74. The Balaban J connectivity index is 2.38. The maximum absolute atomic E-state index is 12.8. The summed E-state index contributed by atoms with van der Waals surface area (Å²) in [6.45, 7) is 1.75. The summed E-state index contributed by atoms with van der Waals surface area (Å²) in [4.78, 5) is 17.3. The quantitative estimate of drug-likeness (QED) is 0.310. The molecule has 2 aromatic rings. The van der Waals surface area contributed by atoms with Crippen molar-refractivity contribution in [3.05, 3.63) is 57.8 Å². The fourth-order valence-corrected chi connectivity index (χ4v) is 3.70. The van der Waals surface area contributed by atoms with Gasteiger partial charge in [-0.15, -0.1) is 0 Å². The molecule has 0 saturated carbocycles. The van der Waals surface area contributed by atoms with E-state index in [1.165, 1.54) is 18.5 Å². The normalized spacial score (nSPS) is 12.4. The van der Waals surface area contributed by atoms with Gasteiger partial charge in [-0.2, -0.15) is 0 Å². The summed E-state index contributed by atoms with van der Waals surface area (Å²) in [5.74, 6) is -0.292. The Bertz CT molecular complexity index is 922. The summed E-state index contributed by atoms with van der Waals surface area (Å²) in [7, 11) is 0. The zero-order chi connectivity index (χ0) is 20.1. The first-order valence-electron chi connectivity index (χ1n) is 7.47. The van der Waals surface area contributed by atoms with Crippen LogP contribution in [0.3, 0.4) is 0 Å². The second-order valence-electron chi connectivity index (χ2n) is 5.37. The van der Waals surface area contributed by atoms with Crippen molar-refractivity contribution in [1.82, 2.24) is 4.98 Å². The van der Waals surface area contributed by atoms with Gasteiger partial charge in [0.25, 0.3) is 5.91 Å². The van der Waals surface area contributed by atoms with Crippen LogP contribution in [0.4, 0.5) is 11.5 Å². The van der Waals surface area contributed by atoms with E-state index in [-0.39, 0.29) is 16.1 Å². The van der Waals surface area contributed by atoms with Crippen LogP contribution in [0.2, 0.25) is 10.0 Å². The first kappa shape index (κ1) is 21.7. The van der Waals surface area contributed by atoms with E-state index in [0.717, 1.165) is 0 Å². The molecule has 1 aromatic carbocycles. The lowest BCUT2D eigenvalue weighted by Gasteiger charge is -2.16. The van der Waals surface area contributed by atoms with Gasteiger partial charge in [0.1, 0.15) is 17.8 Å². The van der Waals surface area contributed by atoms with E-state index in [0.29, 0.717) is 26.2 Å². The third kappa shape index (κ3) is 5.95. The van der Waals surface area contributed by atoms with Crippen LogP contribution in [-0.2, 0) is 16.0 Å². The lowest BCUT2D eigenvalue weighted by molar-refractivity contribution is -0.112. The van der Waals surface area contributed by atoms with E-state index >= 15 is 0 Å². The van der Waals surface area contributed by atoms with Gasteiger partial charge in [0.15, 0.2) is 4.90 Å². The molecule has 10 heteroatoms. The number of amides is 1. The number of anilines is 2. The van der Waals surface area contributed by atoms with Gasteiger partial charge in [0, 0.05) is 17.3 Å². The van der Waals surface area contributed by atoms with Crippen LogP contribution < -0.4 is 10.6 Å². The maximum atomic E-state index is 12.8. The Morgan fingerprint density at radius 3 is 2.67 bits per heavy atom. The molecule has 0 saturated heterocycles. The number of allylic oxidation sites excluding steroid dienone is 1. The fourth-order valence-electron chi connectivity index (χ4n) is 2.17. The Morgan fingerprint density at radius 2 is 2.07 bits per heavy atom. The van der Waals surface area contributed by atoms with Crippen molar-refractivity contribution in [2.45, 2.75) is 11.8 Å². The molecular formula is C17H15BrCl2N4O2S. The van der Waals surface area contributed by atoms with E-state index in [1.54, 1.807) is 31.2 Å². The van der Waals surface area contributed by atoms with Gasteiger partial charge in [-0.25, -0.2) is 4.98 Å². The van der Waals surface area contributed by atoms with Crippen LogP contribution in [0.5, 0.6) is 0 Å². The summed E-state index contributed by atoms with van der Waals surface area (Å²) < 4.78 is 12.0. The highest BCUT2D eigenvalue weighted by Gasteiger charge is 2.20. The number of rotatable bonds is 6. The smallest absolute Gasteiger partial charge is 0.272 e. The Labute approximate surface area is 178 Å². The lowest BCUT2D eigenvalue weighted by Crippen LogP contribution is -2.22. The highest BCUT2D eigenvalue weighted by atomic mass is 79.9. The molecule has 2 rings (SSSR count). The van der Waals surface area contributed by atoms with Crippen molar-refractivity contribution in [1.29, 1.82) is 5.41 Å². The number of aryl methyl sites for hydroxylation is 1. The third-order valence-electron chi connectivity index (χ3n) is 3.34. The van der Waals surface area contributed by atoms with E-state index in [9.17, 15) is 9.35 Å². The average Bonchev–Trinajstić information content (AvgIpc) is 2.57. The van der Waals surface area contributed by atoms with Crippen molar-refractivity contribution in [3.63, 3.8) is 0 Å². The number of halogens is 3. The van der Waals surface area contributed by atoms with Crippen molar-refractivity contribution < 1.29 is 9.35 Å². The van der Waals surface area contributed by atoms with Gasteiger partial charge in [0.2, 0.25) is 0 Å². The minimum atomic E-state index is -1.37. The molecule has 3 N–H and O–H groups in total. The van der Waals surface area contributed by atoms with E-state index < -0.39 is 17.1 Å². The molecule has 0 radical (unpaired) electrons. The number of nitrogens with one attached hydrogen (secondary N) is 3. The van der Waals surface area contributed by atoms with Crippen LogP contribution >= 0.6 is 39.1 Å². The van der Waals surface area contributed by atoms with Gasteiger partial charge in [0.05, 0.1) is 15.3 Å². The number of nitrogens with zero attached hydrogens (tertiary/aromatic N) is 1. The van der Waals surface area contributed by atoms with Crippen LogP contribution in [0, 0.1) is 12.3 Å². The minimum Gasteiger partial charge on any atom is -0.612 e. The molecule has 1 atom stereocenters. The molecule has 1 amide bonds. The molecule has 0 aliphatic heterocycles. The minimum absolute atomic E-state index is 0.0275. The molecule has 6 nitrogen and oxygen atoms in total. The number of benzene rings is 1. The topological polar surface area (TPSA) is 101 Å². The molecular weight excluding hydrogens is 475 g/mol. The number of hydrogen-bond acceptors (Lipinski definition) is 5. The lowest BCUT2D eigenvalue weighted by atomic mass is 10.2. The number of pyridine rings is 1. The molecule has 0 spiro atoms. The molecule has 0 bridgehead atoms. The second kappa shape index (κ2) is 9.57. The van der Waals surface area contributed by atoms with Crippen molar-refractivity contribution >= 4 is 72.3 Å². The van der Waals surface area contributed by atoms with Gasteiger partial charge in [-0.1, -0.05) is 23.2 Å². The Morgan fingerprint density at radius 1 is 1.37 bits per heavy atom. The largest absolute Gasteiger partial charge is 0.612 e. The highest BCUT2D eigenvalue weighted by molar-refractivity contribution is 9.18. The number of carbonyl (C=O) groups is 1. The first-order valence-corrected chi connectivity index (χ1v) is 10.6. The number of aromatic nitrogens is 1. The van der Waals surface area contributed by atoms with Crippen LogP contribution in [0.15, 0.2) is 47.1 Å². The Hall–Kier alpha value is -1.58. The van der Waals surface area contributed by atoms with E-state index in [1.807, 2.05) is 0 Å². The van der Waals surface area contributed by atoms with Crippen molar-refractivity contribution in [2.75, 3.05) is 16.9 Å². The zero-order valence-corrected chi connectivity index (χ0v) is 18.2. The molecule has 1 heterocycles. The highest BCUT2D eigenvalue weighted by Crippen LogP contribution is 2.30. The molecule has 27 heavy (non-hydrogen) atoms. The van der Waals surface area contributed by atoms with Crippen molar-refractivity contribution in [2.24, 2.45) is 0 Å². The first-order chi connectivity index (χ1) is 12.7.